The lowest BCUT2D eigenvalue weighted by Gasteiger charge is -2.13. The highest BCUT2D eigenvalue weighted by Crippen LogP contribution is 2.16. The number of nitriles is 1. The molecule has 0 radical (unpaired) electrons. The summed E-state index contributed by atoms with van der Waals surface area (Å²) in [6.45, 7) is 3.53. The molecule has 0 aliphatic rings. The molecule has 0 N–H and O–H groups in total. The predicted octanol–water partition coefficient (Wildman–Crippen LogP) is 2.76. The van der Waals surface area contributed by atoms with Crippen LogP contribution in [0.25, 0.3) is 0 Å². The van der Waals surface area contributed by atoms with Gasteiger partial charge in [-0.25, -0.2) is 0 Å². The van der Waals surface area contributed by atoms with E-state index in [9.17, 15) is 0 Å². The highest BCUT2D eigenvalue weighted by atomic mass is 79.9. The zero-order chi connectivity index (χ0) is 11.3. The Kier molecular flexibility index (Phi) is 4.80. The SMILES string of the molecule is Cc1ccc(Br)cc1CCN(C)CC#N. The lowest BCUT2D eigenvalue weighted by molar-refractivity contribution is 0.379. The molecule has 1 aromatic carbocycles. The fraction of sp³-hybridized carbons (Fsp3) is 0.417. The van der Waals surface area contributed by atoms with E-state index >= 15 is 0 Å². The van der Waals surface area contributed by atoms with E-state index in [4.69, 9.17) is 5.26 Å². The fourth-order valence-electron chi connectivity index (χ4n) is 1.42. The lowest BCUT2D eigenvalue weighted by Crippen LogP contribution is -2.21. The molecule has 3 heteroatoms. The zero-order valence-corrected chi connectivity index (χ0v) is 10.7. The van der Waals surface area contributed by atoms with Crippen LogP contribution >= 0.6 is 15.9 Å². The molecular weight excluding hydrogens is 252 g/mol. The Balaban J connectivity index is 2.57. The Morgan fingerprint density at radius 3 is 2.87 bits per heavy atom. The van der Waals surface area contributed by atoms with Crippen molar-refractivity contribution >= 4 is 15.9 Å². The molecule has 0 saturated carbocycles. The van der Waals surface area contributed by atoms with Crippen LogP contribution in [0.4, 0.5) is 0 Å². The maximum atomic E-state index is 8.53. The Morgan fingerprint density at radius 1 is 1.47 bits per heavy atom. The predicted molar refractivity (Wildman–Crippen MR) is 65.7 cm³/mol. The van der Waals surface area contributed by atoms with Crippen molar-refractivity contribution in [1.29, 1.82) is 5.26 Å². The first-order valence-electron chi connectivity index (χ1n) is 4.94. The van der Waals surface area contributed by atoms with Gasteiger partial charge in [-0.2, -0.15) is 5.26 Å². The maximum Gasteiger partial charge on any atom is 0.0863 e. The van der Waals surface area contributed by atoms with Gasteiger partial charge < -0.3 is 0 Å². The van der Waals surface area contributed by atoms with E-state index in [0.29, 0.717) is 6.54 Å². The highest BCUT2D eigenvalue weighted by molar-refractivity contribution is 9.10. The molecule has 0 aliphatic heterocycles. The van der Waals surface area contributed by atoms with Crippen molar-refractivity contribution in [2.75, 3.05) is 20.1 Å². The maximum absolute atomic E-state index is 8.53. The lowest BCUT2D eigenvalue weighted by atomic mass is 10.1. The summed E-state index contributed by atoms with van der Waals surface area (Å²) < 4.78 is 1.12. The van der Waals surface area contributed by atoms with Gasteiger partial charge in [-0.05, 0) is 43.7 Å². The van der Waals surface area contributed by atoms with Crippen LogP contribution in [0.1, 0.15) is 11.1 Å². The average Bonchev–Trinajstić information content (AvgIpc) is 2.20. The molecule has 0 spiro atoms. The molecule has 0 saturated heterocycles. The number of likely N-dealkylation sites (N-methyl/N-ethyl adjacent to an activating group) is 1. The Bertz CT molecular complexity index is 368. The summed E-state index contributed by atoms with van der Waals surface area (Å²) in [6.07, 6.45) is 0.990. The Morgan fingerprint density at radius 2 is 2.20 bits per heavy atom. The van der Waals surface area contributed by atoms with Gasteiger partial charge in [-0.1, -0.05) is 22.0 Å². The third-order valence-electron chi connectivity index (χ3n) is 2.41. The zero-order valence-electron chi connectivity index (χ0n) is 9.13. The highest BCUT2D eigenvalue weighted by Gasteiger charge is 2.02. The number of hydrogen-bond donors (Lipinski definition) is 0. The van der Waals surface area contributed by atoms with Gasteiger partial charge in [0.2, 0.25) is 0 Å². The van der Waals surface area contributed by atoms with Crippen LogP contribution in [0.5, 0.6) is 0 Å². The summed E-state index contributed by atoms with van der Waals surface area (Å²) in [6, 6.07) is 8.46. The van der Waals surface area contributed by atoms with Gasteiger partial charge in [0.05, 0.1) is 12.6 Å². The molecule has 80 valence electrons. The van der Waals surface area contributed by atoms with Crippen molar-refractivity contribution in [3.05, 3.63) is 33.8 Å². The largest absolute Gasteiger partial charge is 0.293 e. The third-order valence-corrected chi connectivity index (χ3v) is 2.91. The monoisotopic (exact) mass is 266 g/mol. The molecule has 2 nitrogen and oxygen atoms in total. The second-order valence-electron chi connectivity index (χ2n) is 3.72. The molecule has 0 heterocycles. The van der Waals surface area contributed by atoms with Gasteiger partial charge in [0.25, 0.3) is 0 Å². The summed E-state index contributed by atoms with van der Waals surface area (Å²) in [5.74, 6) is 0. The van der Waals surface area contributed by atoms with Crippen molar-refractivity contribution in [3.63, 3.8) is 0 Å². The average molecular weight is 267 g/mol. The van der Waals surface area contributed by atoms with Gasteiger partial charge in [0.1, 0.15) is 0 Å². The van der Waals surface area contributed by atoms with Gasteiger partial charge in [-0.15, -0.1) is 0 Å². The van der Waals surface area contributed by atoms with E-state index in [0.717, 1.165) is 17.4 Å². The van der Waals surface area contributed by atoms with Crippen molar-refractivity contribution < 1.29 is 0 Å². The minimum Gasteiger partial charge on any atom is -0.293 e. The minimum atomic E-state index is 0.493. The van der Waals surface area contributed by atoms with Crippen LogP contribution in [0.2, 0.25) is 0 Å². The van der Waals surface area contributed by atoms with Gasteiger partial charge in [0.15, 0.2) is 0 Å². The number of hydrogen-bond acceptors (Lipinski definition) is 2. The second-order valence-corrected chi connectivity index (χ2v) is 4.63. The molecule has 0 aliphatic carbocycles. The third kappa shape index (κ3) is 4.03. The summed E-state index contributed by atoms with van der Waals surface area (Å²) in [7, 11) is 1.97. The molecule has 0 aromatic heterocycles. The topological polar surface area (TPSA) is 27.0 Å². The van der Waals surface area contributed by atoms with E-state index in [2.05, 4.69) is 47.1 Å². The summed E-state index contributed by atoms with van der Waals surface area (Å²) in [4.78, 5) is 2.03. The molecule has 0 bridgehead atoms. The summed E-state index contributed by atoms with van der Waals surface area (Å²) >= 11 is 3.47. The molecule has 0 unspecified atom stereocenters. The summed E-state index contributed by atoms with van der Waals surface area (Å²) in [5, 5.41) is 8.53. The van der Waals surface area contributed by atoms with E-state index in [1.54, 1.807) is 0 Å². The van der Waals surface area contributed by atoms with Crippen LogP contribution in [-0.4, -0.2) is 25.0 Å². The molecular formula is C12H15BrN2. The van der Waals surface area contributed by atoms with Crippen molar-refractivity contribution in [3.8, 4) is 6.07 Å². The molecule has 0 amide bonds. The smallest absolute Gasteiger partial charge is 0.0863 e. The minimum absolute atomic E-state index is 0.493. The quantitative estimate of drug-likeness (QED) is 0.784. The number of benzene rings is 1. The van der Waals surface area contributed by atoms with Crippen molar-refractivity contribution in [1.82, 2.24) is 4.90 Å². The van der Waals surface area contributed by atoms with Crippen LogP contribution in [0.3, 0.4) is 0 Å². The molecule has 0 fully saturated rings. The Labute approximate surface area is 99.6 Å². The first-order chi connectivity index (χ1) is 7.13. The Hall–Kier alpha value is -0.850. The van der Waals surface area contributed by atoms with Crippen molar-refractivity contribution in [2.45, 2.75) is 13.3 Å². The molecule has 15 heavy (non-hydrogen) atoms. The van der Waals surface area contributed by atoms with Gasteiger partial charge in [-0.3, -0.25) is 4.90 Å². The molecule has 1 rings (SSSR count). The van der Waals surface area contributed by atoms with E-state index < -0.39 is 0 Å². The van der Waals surface area contributed by atoms with E-state index in [-0.39, 0.29) is 0 Å². The van der Waals surface area contributed by atoms with Crippen LogP contribution < -0.4 is 0 Å². The van der Waals surface area contributed by atoms with Crippen molar-refractivity contribution in [2.24, 2.45) is 0 Å². The van der Waals surface area contributed by atoms with Crippen LogP contribution in [-0.2, 0) is 6.42 Å². The van der Waals surface area contributed by atoms with Crippen LogP contribution in [0, 0.1) is 18.3 Å². The number of halogens is 1. The number of rotatable bonds is 4. The van der Waals surface area contributed by atoms with E-state index in [1.165, 1.54) is 11.1 Å². The molecule has 1 aromatic rings. The van der Waals surface area contributed by atoms with Crippen LogP contribution in [0.15, 0.2) is 22.7 Å². The second kappa shape index (κ2) is 5.89. The van der Waals surface area contributed by atoms with E-state index in [1.807, 2.05) is 11.9 Å². The first-order valence-corrected chi connectivity index (χ1v) is 5.73. The van der Waals surface area contributed by atoms with Gasteiger partial charge in [0, 0.05) is 11.0 Å². The standard InChI is InChI=1S/C12H15BrN2/c1-10-3-4-12(13)9-11(10)5-7-15(2)8-6-14/h3-4,9H,5,7-8H2,1-2H3. The number of aryl methyl sites for hydroxylation is 1. The first kappa shape index (κ1) is 12.2. The number of nitrogens with zero attached hydrogens (tertiary/aromatic N) is 2. The summed E-state index contributed by atoms with van der Waals surface area (Å²) in [5.41, 5.74) is 2.65. The fourth-order valence-corrected chi connectivity index (χ4v) is 1.83. The molecule has 0 atom stereocenters. The normalized spacial score (nSPS) is 10.3. The van der Waals surface area contributed by atoms with Gasteiger partial charge >= 0.3 is 0 Å².